The van der Waals surface area contributed by atoms with Crippen LogP contribution >= 0.6 is 23.2 Å². The molecule has 190 valence electrons. The Balaban J connectivity index is 1.36. The van der Waals surface area contributed by atoms with Gasteiger partial charge >= 0.3 is 0 Å². The normalized spacial score (nSPS) is 13.1. The number of nitrogens with zero attached hydrogens (tertiary/aromatic N) is 1. The predicted molar refractivity (Wildman–Crippen MR) is 142 cm³/mol. The Labute approximate surface area is 223 Å². The summed E-state index contributed by atoms with van der Waals surface area (Å²) < 4.78 is 10.5. The van der Waals surface area contributed by atoms with Gasteiger partial charge in [-0.25, -0.2) is 4.90 Å². The summed E-state index contributed by atoms with van der Waals surface area (Å²) in [5, 5.41) is 5.91. The van der Waals surface area contributed by atoms with Crippen LogP contribution in [0.1, 0.15) is 15.9 Å². The second kappa shape index (κ2) is 11.4. The van der Waals surface area contributed by atoms with E-state index in [-0.39, 0.29) is 16.6 Å². The highest BCUT2D eigenvalue weighted by molar-refractivity contribution is 6.53. The molecule has 0 aliphatic carbocycles. The maximum absolute atomic E-state index is 12.9. The molecule has 0 radical (unpaired) electrons. The van der Waals surface area contributed by atoms with Crippen LogP contribution in [0.4, 0.5) is 11.4 Å². The molecular formula is C27H23Cl2N3O5. The molecule has 0 aromatic heterocycles. The fourth-order valence-corrected chi connectivity index (χ4v) is 4.17. The maximum atomic E-state index is 12.9. The molecule has 1 aliphatic rings. The van der Waals surface area contributed by atoms with Crippen molar-refractivity contribution in [2.45, 2.75) is 6.42 Å². The van der Waals surface area contributed by atoms with E-state index in [1.165, 1.54) is 6.07 Å². The van der Waals surface area contributed by atoms with Gasteiger partial charge < -0.3 is 20.1 Å². The van der Waals surface area contributed by atoms with Crippen molar-refractivity contribution in [3.05, 3.63) is 93.6 Å². The van der Waals surface area contributed by atoms with Crippen molar-refractivity contribution in [3.8, 4) is 11.5 Å². The average Bonchev–Trinajstić information content (AvgIpc) is 3.11. The number of ether oxygens (including phenoxy) is 2. The lowest BCUT2D eigenvalue weighted by atomic mass is 10.1. The van der Waals surface area contributed by atoms with Gasteiger partial charge in [-0.3, -0.25) is 14.4 Å². The van der Waals surface area contributed by atoms with Gasteiger partial charge in [-0.1, -0.05) is 35.3 Å². The highest BCUT2D eigenvalue weighted by atomic mass is 35.5. The summed E-state index contributed by atoms with van der Waals surface area (Å²) in [6.07, 6.45) is 0.609. The first-order valence-corrected chi connectivity index (χ1v) is 12.0. The van der Waals surface area contributed by atoms with E-state index >= 15 is 0 Å². The third kappa shape index (κ3) is 5.71. The topological polar surface area (TPSA) is 97.0 Å². The standard InChI is InChI=1S/C27H23Cl2N3O5/c1-36-21-11-6-16(14-22(21)37-2)12-13-30-25(33)17-7-9-19(10-8-17)31-24-23(29)26(34)32(27(24)35)20-5-3-4-18(28)15-20/h3-11,14-15,31H,12-13H2,1-2H3,(H,30,33). The van der Waals surface area contributed by atoms with E-state index in [0.717, 1.165) is 10.5 Å². The molecule has 0 fully saturated rings. The first kappa shape index (κ1) is 26.1. The van der Waals surface area contributed by atoms with Crippen molar-refractivity contribution in [1.29, 1.82) is 0 Å². The van der Waals surface area contributed by atoms with E-state index < -0.39 is 11.8 Å². The fourth-order valence-electron chi connectivity index (χ4n) is 3.77. The zero-order valence-corrected chi connectivity index (χ0v) is 21.5. The summed E-state index contributed by atoms with van der Waals surface area (Å²) >= 11 is 12.2. The number of methoxy groups -OCH3 is 2. The number of nitrogens with one attached hydrogen (secondary N) is 2. The zero-order chi connectivity index (χ0) is 26.5. The van der Waals surface area contributed by atoms with Gasteiger partial charge in [0.05, 0.1) is 19.9 Å². The molecule has 0 spiro atoms. The van der Waals surface area contributed by atoms with Crippen LogP contribution in [0.2, 0.25) is 5.02 Å². The van der Waals surface area contributed by atoms with Crippen LogP contribution in [0.5, 0.6) is 11.5 Å². The lowest BCUT2D eigenvalue weighted by Gasteiger charge is -2.15. The van der Waals surface area contributed by atoms with E-state index in [2.05, 4.69) is 10.6 Å². The Morgan fingerprint density at radius 3 is 2.30 bits per heavy atom. The number of carbonyl (C=O) groups is 3. The maximum Gasteiger partial charge on any atom is 0.283 e. The van der Waals surface area contributed by atoms with Gasteiger partial charge in [-0.05, 0) is 66.6 Å². The van der Waals surface area contributed by atoms with Gasteiger partial charge in [0.25, 0.3) is 17.7 Å². The molecular weight excluding hydrogens is 517 g/mol. The lowest BCUT2D eigenvalue weighted by molar-refractivity contribution is -0.120. The van der Waals surface area contributed by atoms with Crippen molar-refractivity contribution in [3.63, 3.8) is 0 Å². The van der Waals surface area contributed by atoms with E-state index in [1.54, 1.807) is 56.7 Å². The molecule has 4 rings (SSSR count). The summed E-state index contributed by atoms with van der Waals surface area (Å²) in [5.74, 6) is -0.232. The smallest absolute Gasteiger partial charge is 0.283 e. The van der Waals surface area contributed by atoms with Crippen LogP contribution in [0.25, 0.3) is 0 Å². The summed E-state index contributed by atoms with van der Waals surface area (Å²) in [6, 6.07) is 18.4. The number of hydrogen-bond acceptors (Lipinski definition) is 6. The molecule has 0 bridgehead atoms. The number of hydrogen-bond donors (Lipinski definition) is 2. The molecule has 3 amide bonds. The van der Waals surface area contributed by atoms with Gasteiger partial charge in [0.2, 0.25) is 0 Å². The molecule has 0 unspecified atom stereocenters. The van der Waals surface area contributed by atoms with Crippen LogP contribution < -0.4 is 25.0 Å². The Hall–Kier alpha value is -4.01. The van der Waals surface area contributed by atoms with Crippen LogP contribution in [0.3, 0.4) is 0 Å². The van der Waals surface area contributed by atoms with Gasteiger partial charge in [0, 0.05) is 22.8 Å². The number of imide groups is 1. The molecule has 37 heavy (non-hydrogen) atoms. The lowest BCUT2D eigenvalue weighted by Crippen LogP contribution is -2.32. The van der Waals surface area contributed by atoms with E-state index in [0.29, 0.717) is 46.4 Å². The van der Waals surface area contributed by atoms with Crippen LogP contribution in [0.15, 0.2) is 77.5 Å². The number of carbonyl (C=O) groups excluding carboxylic acids is 3. The molecule has 0 atom stereocenters. The van der Waals surface area contributed by atoms with E-state index in [4.69, 9.17) is 32.7 Å². The summed E-state index contributed by atoms with van der Waals surface area (Å²) in [4.78, 5) is 39.0. The number of halogens is 2. The van der Waals surface area contributed by atoms with E-state index in [9.17, 15) is 14.4 Å². The van der Waals surface area contributed by atoms with Crippen LogP contribution in [-0.4, -0.2) is 38.5 Å². The Bertz CT molecular complexity index is 1390. The van der Waals surface area contributed by atoms with Gasteiger partial charge in [-0.15, -0.1) is 0 Å². The molecule has 0 saturated carbocycles. The molecule has 3 aromatic rings. The molecule has 1 aliphatic heterocycles. The largest absolute Gasteiger partial charge is 0.493 e. The van der Waals surface area contributed by atoms with E-state index in [1.807, 2.05) is 18.2 Å². The van der Waals surface area contributed by atoms with Crippen molar-refractivity contribution < 1.29 is 23.9 Å². The monoisotopic (exact) mass is 539 g/mol. The first-order valence-electron chi connectivity index (χ1n) is 11.2. The highest BCUT2D eigenvalue weighted by Crippen LogP contribution is 2.31. The SMILES string of the molecule is COc1ccc(CCNC(=O)c2ccc(NC3=C(Cl)C(=O)N(c4cccc(Cl)c4)C3=O)cc2)cc1OC. The Morgan fingerprint density at radius 1 is 0.892 bits per heavy atom. The summed E-state index contributed by atoms with van der Waals surface area (Å²) in [7, 11) is 3.15. The number of anilines is 2. The average molecular weight is 540 g/mol. The predicted octanol–water partition coefficient (Wildman–Crippen LogP) is 4.77. The molecule has 10 heteroatoms. The second-order valence-corrected chi connectivity index (χ2v) is 8.83. The highest BCUT2D eigenvalue weighted by Gasteiger charge is 2.39. The van der Waals surface area contributed by atoms with Gasteiger partial charge in [0.15, 0.2) is 11.5 Å². The minimum Gasteiger partial charge on any atom is -0.493 e. The Kier molecular flexibility index (Phi) is 8.01. The fraction of sp³-hybridized carbons (Fsp3) is 0.148. The minimum absolute atomic E-state index is 0.0567. The number of amides is 3. The minimum atomic E-state index is -0.651. The Morgan fingerprint density at radius 2 is 1.62 bits per heavy atom. The van der Waals surface area contributed by atoms with Crippen molar-refractivity contribution in [1.82, 2.24) is 5.32 Å². The van der Waals surface area contributed by atoms with Crippen LogP contribution in [0, 0.1) is 0 Å². The third-order valence-electron chi connectivity index (χ3n) is 5.66. The molecule has 3 aromatic carbocycles. The van der Waals surface area contributed by atoms with Crippen LogP contribution in [-0.2, 0) is 16.0 Å². The number of rotatable bonds is 9. The molecule has 0 saturated heterocycles. The quantitative estimate of drug-likeness (QED) is 0.380. The third-order valence-corrected chi connectivity index (χ3v) is 6.24. The summed E-state index contributed by atoms with van der Waals surface area (Å²) in [5.41, 5.74) is 2.18. The molecule has 8 nitrogen and oxygen atoms in total. The van der Waals surface area contributed by atoms with Gasteiger partial charge in [0.1, 0.15) is 10.7 Å². The zero-order valence-electron chi connectivity index (χ0n) is 20.0. The number of benzene rings is 3. The van der Waals surface area contributed by atoms with Crippen molar-refractivity contribution in [2.75, 3.05) is 31.0 Å². The first-order chi connectivity index (χ1) is 17.8. The van der Waals surface area contributed by atoms with Crippen molar-refractivity contribution in [2.24, 2.45) is 0 Å². The van der Waals surface area contributed by atoms with Crippen molar-refractivity contribution >= 4 is 52.3 Å². The second-order valence-electron chi connectivity index (χ2n) is 8.01. The molecule has 1 heterocycles. The summed E-state index contributed by atoms with van der Waals surface area (Å²) in [6.45, 7) is 0.423. The molecule has 2 N–H and O–H groups in total. The van der Waals surface area contributed by atoms with Gasteiger partial charge in [-0.2, -0.15) is 0 Å².